The number of nitrogens with zero attached hydrogens (tertiary/aromatic N) is 2. The Bertz CT molecular complexity index is 937. The van der Waals surface area contributed by atoms with Crippen LogP contribution in [0, 0.1) is 13.8 Å². The first-order valence-corrected chi connectivity index (χ1v) is 8.92. The van der Waals surface area contributed by atoms with Gasteiger partial charge in [0.1, 0.15) is 11.5 Å². The maximum absolute atomic E-state index is 12.1. The van der Waals surface area contributed by atoms with Crippen molar-refractivity contribution in [2.24, 2.45) is 0 Å². The second kappa shape index (κ2) is 6.25. The van der Waals surface area contributed by atoms with Crippen LogP contribution in [-0.2, 0) is 17.8 Å². The Labute approximate surface area is 141 Å². The number of thiophene rings is 1. The van der Waals surface area contributed by atoms with Crippen molar-refractivity contribution in [1.82, 2.24) is 9.38 Å². The molecule has 0 aliphatic carbocycles. The van der Waals surface area contributed by atoms with Crippen LogP contribution in [0.5, 0.6) is 0 Å². The molecule has 0 aliphatic heterocycles. The first-order valence-electron chi connectivity index (χ1n) is 7.22. The van der Waals surface area contributed by atoms with Crippen LogP contribution < -0.4 is 5.56 Å². The molecule has 0 saturated heterocycles. The summed E-state index contributed by atoms with van der Waals surface area (Å²) in [7, 11) is 0. The van der Waals surface area contributed by atoms with E-state index < -0.39 is 0 Å². The number of aryl methyl sites for hydroxylation is 3. The van der Waals surface area contributed by atoms with E-state index in [0.717, 1.165) is 17.7 Å². The van der Waals surface area contributed by atoms with Gasteiger partial charge >= 0.3 is 5.97 Å². The van der Waals surface area contributed by atoms with Crippen molar-refractivity contribution in [2.75, 3.05) is 0 Å². The number of rotatable bonds is 4. The van der Waals surface area contributed by atoms with Crippen molar-refractivity contribution in [1.29, 1.82) is 0 Å². The molecule has 0 atom stereocenters. The Balaban J connectivity index is 1.77. The highest BCUT2D eigenvalue weighted by molar-refractivity contribution is 7.15. The van der Waals surface area contributed by atoms with Gasteiger partial charge in [-0.25, -0.2) is 9.78 Å². The first-order chi connectivity index (χ1) is 11.0. The van der Waals surface area contributed by atoms with E-state index in [9.17, 15) is 9.59 Å². The van der Waals surface area contributed by atoms with Crippen molar-refractivity contribution in [3.8, 4) is 0 Å². The summed E-state index contributed by atoms with van der Waals surface area (Å²) in [5, 5.41) is 1.88. The van der Waals surface area contributed by atoms with Crippen LogP contribution in [0.25, 0.3) is 4.96 Å². The molecule has 0 aliphatic rings. The zero-order valence-electron chi connectivity index (χ0n) is 13.1. The van der Waals surface area contributed by atoms with E-state index in [1.54, 1.807) is 4.40 Å². The molecule has 7 heteroatoms. The normalized spacial score (nSPS) is 11.1. The van der Waals surface area contributed by atoms with Crippen LogP contribution >= 0.6 is 22.7 Å². The van der Waals surface area contributed by atoms with Gasteiger partial charge in [-0.2, -0.15) is 0 Å². The van der Waals surface area contributed by atoms with Crippen LogP contribution in [0.4, 0.5) is 0 Å². The summed E-state index contributed by atoms with van der Waals surface area (Å²) >= 11 is 2.85. The van der Waals surface area contributed by atoms with E-state index in [2.05, 4.69) is 11.9 Å². The molecule has 23 heavy (non-hydrogen) atoms. The molecule has 3 aromatic heterocycles. The quantitative estimate of drug-likeness (QED) is 0.678. The summed E-state index contributed by atoms with van der Waals surface area (Å²) in [6.45, 7) is 5.90. The van der Waals surface area contributed by atoms with Crippen molar-refractivity contribution in [3.63, 3.8) is 0 Å². The highest BCUT2D eigenvalue weighted by atomic mass is 32.1. The summed E-state index contributed by atoms with van der Waals surface area (Å²) in [6.07, 6.45) is 0.899. The standard InChI is InChI=1S/C16H16N2O3S2/c1-4-12-9(2)5-13(23-12)15(20)21-7-11-6-14(19)18-10(3)8-22-16(18)17-11/h5-6,8H,4,7H2,1-3H3. The third kappa shape index (κ3) is 3.07. The maximum atomic E-state index is 12.1. The molecule has 5 nitrogen and oxygen atoms in total. The second-order valence-corrected chi connectivity index (χ2v) is 7.20. The Morgan fingerprint density at radius 3 is 2.83 bits per heavy atom. The summed E-state index contributed by atoms with van der Waals surface area (Å²) in [5.41, 5.74) is 2.28. The fraction of sp³-hybridized carbons (Fsp3) is 0.312. The number of thiazole rings is 1. The molecular weight excluding hydrogens is 332 g/mol. The van der Waals surface area contributed by atoms with E-state index in [1.165, 1.54) is 33.6 Å². The molecule has 0 radical (unpaired) electrons. The Morgan fingerprint density at radius 2 is 2.13 bits per heavy atom. The molecule has 0 aromatic carbocycles. The lowest BCUT2D eigenvalue weighted by molar-refractivity contribution is 0.0473. The maximum Gasteiger partial charge on any atom is 0.348 e. The summed E-state index contributed by atoms with van der Waals surface area (Å²) in [6, 6.07) is 3.26. The topological polar surface area (TPSA) is 60.7 Å². The minimum Gasteiger partial charge on any atom is -0.455 e. The Hall–Kier alpha value is -1.99. The molecule has 0 spiro atoms. The number of carbonyl (C=O) groups is 1. The fourth-order valence-corrected chi connectivity index (χ4v) is 4.26. The molecular formula is C16H16N2O3S2. The van der Waals surface area contributed by atoms with Gasteiger partial charge in [-0.05, 0) is 31.9 Å². The SMILES string of the molecule is CCc1sc(C(=O)OCc2cc(=O)n3c(C)csc3n2)cc1C. The molecule has 3 aromatic rings. The van der Waals surface area contributed by atoms with Crippen molar-refractivity contribution >= 4 is 33.6 Å². The number of hydrogen-bond donors (Lipinski definition) is 0. The number of aromatic nitrogens is 2. The minimum atomic E-state index is -0.373. The molecule has 0 unspecified atom stereocenters. The number of esters is 1. The number of ether oxygens (including phenoxy) is 1. The van der Waals surface area contributed by atoms with Gasteiger partial charge < -0.3 is 4.74 Å². The molecule has 0 fully saturated rings. The molecule has 120 valence electrons. The number of hydrogen-bond acceptors (Lipinski definition) is 6. The van der Waals surface area contributed by atoms with Gasteiger partial charge in [0.25, 0.3) is 5.56 Å². The Morgan fingerprint density at radius 1 is 1.35 bits per heavy atom. The summed E-state index contributed by atoms with van der Waals surface area (Å²) < 4.78 is 6.85. The largest absolute Gasteiger partial charge is 0.455 e. The third-order valence-corrected chi connectivity index (χ3v) is 5.83. The van der Waals surface area contributed by atoms with E-state index in [-0.39, 0.29) is 18.1 Å². The van der Waals surface area contributed by atoms with Gasteiger partial charge in [0.05, 0.1) is 5.69 Å². The van der Waals surface area contributed by atoms with Crippen molar-refractivity contribution in [3.05, 3.63) is 54.6 Å². The average Bonchev–Trinajstić information content (AvgIpc) is 3.08. The molecule has 3 heterocycles. The number of fused-ring (bicyclic) bond motifs is 1. The predicted octanol–water partition coefficient (Wildman–Crippen LogP) is 3.35. The van der Waals surface area contributed by atoms with E-state index in [1.807, 2.05) is 25.3 Å². The molecule has 3 rings (SSSR count). The van der Waals surface area contributed by atoms with Crippen molar-refractivity contribution < 1.29 is 9.53 Å². The van der Waals surface area contributed by atoms with Crippen molar-refractivity contribution in [2.45, 2.75) is 33.8 Å². The lowest BCUT2D eigenvalue weighted by Gasteiger charge is -2.03. The Kier molecular flexibility index (Phi) is 4.32. The molecule has 0 N–H and O–H groups in total. The molecule has 0 amide bonds. The average molecular weight is 348 g/mol. The monoisotopic (exact) mass is 348 g/mol. The van der Waals surface area contributed by atoms with Crippen LogP contribution in [0.1, 0.15) is 38.4 Å². The van der Waals surface area contributed by atoms with Gasteiger partial charge in [-0.3, -0.25) is 9.20 Å². The molecule has 0 bridgehead atoms. The lowest BCUT2D eigenvalue weighted by atomic mass is 10.2. The van der Waals surface area contributed by atoms with Crippen LogP contribution in [0.2, 0.25) is 0 Å². The van der Waals surface area contributed by atoms with Crippen LogP contribution in [-0.4, -0.2) is 15.4 Å². The lowest BCUT2D eigenvalue weighted by Crippen LogP contribution is -2.16. The van der Waals surface area contributed by atoms with Gasteiger partial charge in [0.2, 0.25) is 0 Å². The molecule has 0 saturated carbocycles. The van der Waals surface area contributed by atoms with E-state index >= 15 is 0 Å². The van der Waals surface area contributed by atoms with Gasteiger partial charge in [0.15, 0.2) is 4.96 Å². The highest BCUT2D eigenvalue weighted by Crippen LogP contribution is 2.23. The number of carbonyl (C=O) groups excluding carboxylic acids is 1. The summed E-state index contributed by atoms with van der Waals surface area (Å²) in [4.78, 5) is 31.0. The minimum absolute atomic E-state index is 0.0000725. The van der Waals surface area contributed by atoms with Crippen LogP contribution in [0.3, 0.4) is 0 Å². The van der Waals surface area contributed by atoms with Gasteiger partial charge in [-0.1, -0.05) is 6.92 Å². The van der Waals surface area contributed by atoms with Gasteiger partial charge in [-0.15, -0.1) is 22.7 Å². The van der Waals surface area contributed by atoms with Gasteiger partial charge in [0, 0.05) is 22.0 Å². The zero-order chi connectivity index (χ0) is 16.6. The smallest absolute Gasteiger partial charge is 0.348 e. The van der Waals surface area contributed by atoms with Crippen LogP contribution in [0.15, 0.2) is 22.3 Å². The summed E-state index contributed by atoms with van der Waals surface area (Å²) in [5.74, 6) is -0.373. The first kappa shape index (κ1) is 15.9. The van der Waals surface area contributed by atoms with E-state index in [0.29, 0.717) is 15.5 Å². The zero-order valence-corrected chi connectivity index (χ0v) is 14.7. The van der Waals surface area contributed by atoms with E-state index in [4.69, 9.17) is 4.74 Å². The third-order valence-electron chi connectivity index (χ3n) is 3.52. The highest BCUT2D eigenvalue weighted by Gasteiger charge is 2.14. The second-order valence-electron chi connectivity index (χ2n) is 5.23. The predicted molar refractivity (Wildman–Crippen MR) is 91.6 cm³/mol. The fourth-order valence-electron chi connectivity index (χ4n) is 2.36.